The monoisotopic (exact) mass is 370 g/mol. The van der Waals surface area contributed by atoms with Gasteiger partial charge < -0.3 is 4.90 Å². The Labute approximate surface area is 158 Å². The minimum Gasteiger partial charge on any atom is -0.351 e. The Balaban J connectivity index is 2.10. The van der Waals surface area contributed by atoms with E-state index in [0.717, 1.165) is 40.3 Å². The molecule has 4 rings (SSSR count). The molecule has 0 unspecified atom stereocenters. The average molecular weight is 371 g/mol. The number of hydrogen-bond donors (Lipinski definition) is 0. The van der Waals surface area contributed by atoms with Crippen LogP contribution < -0.4 is 4.90 Å². The molecule has 0 radical (unpaired) electrons. The van der Waals surface area contributed by atoms with Gasteiger partial charge in [-0.25, -0.2) is 4.98 Å². The van der Waals surface area contributed by atoms with Crippen LogP contribution in [0, 0.1) is 0 Å². The molecule has 1 aliphatic rings. The van der Waals surface area contributed by atoms with Gasteiger partial charge in [0.1, 0.15) is 5.82 Å². The van der Waals surface area contributed by atoms with Crippen LogP contribution in [0.15, 0.2) is 42.5 Å². The zero-order chi connectivity index (χ0) is 17.8. The molecular weight excluding hydrogens is 351 g/mol. The van der Waals surface area contributed by atoms with Crippen LogP contribution >= 0.6 is 23.2 Å². The Kier molecular flexibility index (Phi) is 3.93. The molecule has 1 aliphatic heterocycles. The first-order valence-corrected chi connectivity index (χ1v) is 9.26. The highest BCUT2D eigenvalue weighted by Gasteiger charge is 2.32. The number of rotatable bonds is 1. The molecule has 0 N–H and O–H groups in total. The van der Waals surface area contributed by atoms with Crippen LogP contribution in [0.1, 0.15) is 26.3 Å². The lowest BCUT2D eigenvalue weighted by Gasteiger charge is -2.33. The van der Waals surface area contributed by atoms with E-state index in [1.807, 2.05) is 36.4 Å². The predicted molar refractivity (Wildman–Crippen MR) is 108 cm³/mol. The Morgan fingerprint density at radius 2 is 1.80 bits per heavy atom. The predicted octanol–water partition coefficient (Wildman–Crippen LogP) is 6.37. The quantitative estimate of drug-likeness (QED) is 0.494. The number of aromatic nitrogens is 1. The van der Waals surface area contributed by atoms with Gasteiger partial charge in [-0.15, -0.1) is 0 Å². The van der Waals surface area contributed by atoms with Gasteiger partial charge in [0, 0.05) is 38.6 Å². The molecule has 0 saturated heterocycles. The fourth-order valence-electron chi connectivity index (χ4n) is 3.68. The van der Waals surface area contributed by atoms with Crippen LogP contribution in [0.5, 0.6) is 0 Å². The lowest BCUT2D eigenvalue weighted by molar-refractivity contribution is 0.514. The van der Waals surface area contributed by atoms with E-state index in [1.165, 1.54) is 11.1 Å². The molecule has 0 spiro atoms. The van der Waals surface area contributed by atoms with Gasteiger partial charge in [-0.2, -0.15) is 0 Å². The number of anilines is 1. The van der Waals surface area contributed by atoms with E-state index in [9.17, 15) is 0 Å². The maximum Gasteiger partial charge on any atom is 0.133 e. The first kappa shape index (κ1) is 16.7. The van der Waals surface area contributed by atoms with Crippen LogP contribution in [-0.2, 0) is 6.42 Å². The molecule has 0 saturated carbocycles. The van der Waals surface area contributed by atoms with Gasteiger partial charge in [-0.05, 0) is 57.0 Å². The second-order valence-electron chi connectivity index (χ2n) is 7.50. The van der Waals surface area contributed by atoms with Gasteiger partial charge in [0.05, 0.1) is 5.52 Å². The Hall–Kier alpha value is -1.77. The van der Waals surface area contributed by atoms with E-state index in [1.54, 1.807) is 0 Å². The molecule has 4 heteroatoms. The molecule has 128 valence electrons. The van der Waals surface area contributed by atoms with Crippen molar-refractivity contribution in [1.82, 2.24) is 4.98 Å². The fourth-order valence-corrected chi connectivity index (χ4v) is 4.08. The molecule has 1 aromatic heterocycles. The third-order valence-electron chi connectivity index (χ3n) is 4.82. The Bertz CT molecular complexity index is 974. The molecular formula is C21H20Cl2N2. The van der Waals surface area contributed by atoms with Crippen LogP contribution in [0.4, 0.5) is 5.82 Å². The normalized spacial score (nSPS) is 14.2. The first-order valence-electron chi connectivity index (χ1n) is 8.51. The Morgan fingerprint density at radius 1 is 1.04 bits per heavy atom. The molecule has 25 heavy (non-hydrogen) atoms. The maximum atomic E-state index is 6.56. The molecule has 0 amide bonds. The summed E-state index contributed by atoms with van der Waals surface area (Å²) in [5.74, 6) is 1.07. The molecule has 0 aliphatic carbocycles. The summed E-state index contributed by atoms with van der Waals surface area (Å²) in [5.41, 5.74) is 4.45. The molecule has 0 bridgehead atoms. The highest BCUT2D eigenvalue weighted by molar-refractivity contribution is 6.34. The van der Waals surface area contributed by atoms with Crippen molar-refractivity contribution in [1.29, 1.82) is 0 Å². The smallest absolute Gasteiger partial charge is 0.133 e. The first-order chi connectivity index (χ1) is 11.9. The number of pyridine rings is 1. The molecule has 0 fully saturated rings. The summed E-state index contributed by atoms with van der Waals surface area (Å²) in [6.45, 7) is 7.65. The summed E-state index contributed by atoms with van der Waals surface area (Å²) in [4.78, 5) is 7.37. The summed E-state index contributed by atoms with van der Waals surface area (Å²) in [6, 6.07) is 13.9. The van der Waals surface area contributed by atoms with Gasteiger partial charge in [0.15, 0.2) is 0 Å². The Morgan fingerprint density at radius 3 is 2.52 bits per heavy atom. The molecule has 2 heterocycles. The summed E-state index contributed by atoms with van der Waals surface area (Å²) < 4.78 is 0. The number of halogens is 2. The van der Waals surface area contributed by atoms with Crippen LogP contribution in [0.25, 0.3) is 22.0 Å². The molecule has 3 aromatic rings. The van der Waals surface area contributed by atoms with Crippen LogP contribution in [0.2, 0.25) is 10.0 Å². The van der Waals surface area contributed by atoms with Crippen molar-refractivity contribution >= 4 is 39.9 Å². The number of benzene rings is 2. The van der Waals surface area contributed by atoms with Crippen molar-refractivity contribution in [3.63, 3.8) is 0 Å². The van der Waals surface area contributed by atoms with Gasteiger partial charge in [-0.1, -0.05) is 41.4 Å². The largest absolute Gasteiger partial charge is 0.351 e. The minimum atomic E-state index is 0.0239. The van der Waals surface area contributed by atoms with E-state index in [-0.39, 0.29) is 5.54 Å². The zero-order valence-corrected chi connectivity index (χ0v) is 16.1. The van der Waals surface area contributed by atoms with E-state index in [0.29, 0.717) is 5.02 Å². The van der Waals surface area contributed by atoms with Crippen LogP contribution in [-0.4, -0.2) is 17.1 Å². The van der Waals surface area contributed by atoms with Crippen LogP contribution in [0.3, 0.4) is 0 Å². The highest BCUT2D eigenvalue weighted by atomic mass is 35.5. The number of fused-ring (bicyclic) bond motifs is 2. The van der Waals surface area contributed by atoms with E-state index in [4.69, 9.17) is 28.2 Å². The van der Waals surface area contributed by atoms with Gasteiger partial charge >= 0.3 is 0 Å². The summed E-state index contributed by atoms with van der Waals surface area (Å²) >= 11 is 12.9. The van der Waals surface area contributed by atoms with E-state index >= 15 is 0 Å². The number of hydrogen-bond acceptors (Lipinski definition) is 2. The van der Waals surface area contributed by atoms with Crippen molar-refractivity contribution in [3.05, 3.63) is 58.1 Å². The van der Waals surface area contributed by atoms with Gasteiger partial charge in [0.2, 0.25) is 0 Å². The molecule has 2 nitrogen and oxygen atoms in total. The second kappa shape index (κ2) is 5.89. The number of nitrogens with zero attached hydrogens (tertiary/aromatic N) is 2. The van der Waals surface area contributed by atoms with Crippen molar-refractivity contribution in [3.8, 4) is 11.1 Å². The standard InChI is InChI=1S/C21H20Cl2N2/c1-21(2,3)25-11-10-15-19(14-6-4-5-7-17(14)23)16-12-13(22)8-9-18(16)24-20(15)25/h4-9,12H,10-11H2,1-3H3. The third-order valence-corrected chi connectivity index (χ3v) is 5.38. The van der Waals surface area contributed by atoms with Gasteiger partial charge in [-0.3, -0.25) is 0 Å². The van der Waals surface area contributed by atoms with E-state index < -0.39 is 0 Å². The lowest BCUT2D eigenvalue weighted by atomic mass is 9.95. The average Bonchev–Trinajstić information content (AvgIpc) is 2.97. The molecule has 2 aromatic carbocycles. The summed E-state index contributed by atoms with van der Waals surface area (Å²) in [5, 5.41) is 2.54. The van der Waals surface area contributed by atoms with Crippen molar-refractivity contribution in [2.75, 3.05) is 11.4 Å². The third kappa shape index (κ3) is 2.78. The lowest BCUT2D eigenvalue weighted by Crippen LogP contribution is -2.40. The zero-order valence-electron chi connectivity index (χ0n) is 14.6. The van der Waals surface area contributed by atoms with Gasteiger partial charge in [0.25, 0.3) is 0 Å². The van der Waals surface area contributed by atoms with Crippen molar-refractivity contribution in [2.45, 2.75) is 32.7 Å². The highest BCUT2D eigenvalue weighted by Crippen LogP contribution is 2.44. The maximum absolute atomic E-state index is 6.56. The fraction of sp³-hybridized carbons (Fsp3) is 0.286. The molecule has 0 atom stereocenters. The summed E-state index contributed by atoms with van der Waals surface area (Å²) in [6.07, 6.45) is 0.961. The van der Waals surface area contributed by atoms with E-state index in [2.05, 4.69) is 31.7 Å². The minimum absolute atomic E-state index is 0.0239. The second-order valence-corrected chi connectivity index (χ2v) is 8.35. The summed E-state index contributed by atoms with van der Waals surface area (Å²) in [7, 11) is 0. The van der Waals surface area contributed by atoms with Crippen molar-refractivity contribution < 1.29 is 0 Å². The van der Waals surface area contributed by atoms with Crippen molar-refractivity contribution in [2.24, 2.45) is 0 Å². The SMILES string of the molecule is CC(C)(C)N1CCc2c1nc1ccc(Cl)cc1c2-c1ccccc1Cl. The topological polar surface area (TPSA) is 16.1 Å².